The second-order valence-electron chi connectivity index (χ2n) is 16.4. The molecule has 3 fully saturated rings. The number of fused-ring (bicyclic) bond motifs is 1. The quantitative estimate of drug-likeness (QED) is 0.134. The van der Waals surface area contributed by atoms with E-state index in [0.717, 1.165) is 6.42 Å². The zero-order valence-corrected chi connectivity index (χ0v) is 31.6. The summed E-state index contributed by atoms with van der Waals surface area (Å²) in [5.74, 6) is -2.60. The summed E-state index contributed by atoms with van der Waals surface area (Å²) < 4.78 is 29.1. The molecule has 3 rings (SSSR count). The van der Waals surface area contributed by atoms with E-state index in [1.165, 1.54) is 15.3 Å². The van der Waals surface area contributed by atoms with Gasteiger partial charge in [-0.2, -0.15) is 12.7 Å². The molecule has 0 radical (unpaired) electrons. The van der Waals surface area contributed by atoms with Gasteiger partial charge in [0.2, 0.25) is 17.6 Å². The van der Waals surface area contributed by atoms with Gasteiger partial charge in [0.05, 0.1) is 6.04 Å². The maximum atomic E-state index is 14.4. The molecule has 6 atom stereocenters. The topological polar surface area (TPSA) is 186 Å². The second-order valence-corrected chi connectivity index (χ2v) is 18.2. The van der Waals surface area contributed by atoms with E-state index in [2.05, 4.69) is 32.6 Å². The van der Waals surface area contributed by atoms with Gasteiger partial charge in [-0.25, -0.2) is 9.52 Å². The Hall–Kier alpha value is -3.04. The molecule has 5 amide bonds. The molecule has 49 heavy (non-hydrogen) atoms. The Labute approximate surface area is 292 Å². The number of urea groups is 1. The maximum absolute atomic E-state index is 14.4. The lowest BCUT2D eigenvalue weighted by atomic mass is 9.85. The summed E-state index contributed by atoms with van der Waals surface area (Å²) in [6.07, 6.45) is 3.74. The van der Waals surface area contributed by atoms with Crippen LogP contribution in [-0.4, -0.2) is 104 Å². The summed E-state index contributed by atoms with van der Waals surface area (Å²) >= 11 is 0. The molecular weight excluding hydrogens is 650 g/mol. The SMILES string of the molecule is C=CCNC(=O)C(=O)C(CCCC)NC(=O)[C@@H]1[C@@H]2[C@H](CN1C(=O)[C@@H](NC(=O)NC(CN1CCCNS1(=O)=O)C(C)(C)C)C(C)(C)C)C2(C)C. The average Bonchev–Trinajstić information content (AvgIpc) is 3.31. The fourth-order valence-corrected chi connectivity index (χ4v) is 8.20. The van der Waals surface area contributed by atoms with Crippen molar-refractivity contribution in [2.24, 2.45) is 28.1 Å². The van der Waals surface area contributed by atoms with Crippen molar-refractivity contribution in [3.05, 3.63) is 12.7 Å². The molecule has 1 aliphatic carbocycles. The zero-order valence-electron chi connectivity index (χ0n) is 30.8. The Kier molecular flexibility index (Phi) is 12.7. The minimum Gasteiger partial charge on any atom is -0.346 e. The molecule has 2 saturated heterocycles. The first-order valence-corrected chi connectivity index (χ1v) is 18.9. The van der Waals surface area contributed by atoms with E-state index in [1.807, 2.05) is 62.3 Å². The van der Waals surface area contributed by atoms with Crippen molar-refractivity contribution in [1.82, 2.24) is 35.2 Å². The first-order valence-electron chi connectivity index (χ1n) is 17.4. The normalized spacial score (nSPS) is 24.8. The molecule has 1 saturated carbocycles. The predicted octanol–water partition coefficient (Wildman–Crippen LogP) is 1.68. The second kappa shape index (κ2) is 15.5. The van der Waals surface area contributed by atoms with Gasteiger partial charge in [0.15, 0.2) is 0 Å². The highest BCUT2D eigenvalue weighted by Gasteiger charge is 2.70. The Bertz CT molecular complexity index is 1390. The molecule has 5 N–H and O–H groups in total. The van der Waals surface area contributed by atoms with Crippen molar-refractivity contribution in [3.63, 3.8) is 0 Å². The van der Waals surface area contributed by atoms with Crippen molar-refractivity contribution in [3.8, 4) is 0 Å². The van der Waals surface area contributed by atoms with Gasteiger partial charge in [0.1, 0.15) is 12.1 Å². The van der Waals surface area contributed by atoms with Crippen molar-refractivity contribution in [2.45, 2.75) is 112 Å². The molecule has 0 bridgehead atoms. The largest absolute Gasteiger partial charge is 0.346 e. The van der Waals surface area contributed by atoms with Gasteiger partial charge in [-0.3, -0.25) is 19.2 Å². The van der Waals surface area contributed by atoms with Gasteiger partial charge in [-0.05, 0) is 40.9 Å². The van der Waals surface area contributed by atoms with Gasteiger partial charge < -0.3 is 26.2 Å². The molecular formula is C34H59N7O7S. The monoisotopic (exact) mass is 709 g/mol. The molecule has 2 aliphatic heterocycles. The van der Waals surface area contributed by atoms with Gasteiger partial charge in [-0.15, -0.1) is 6.58 Å². The number of ketones is 1. The zero-order chi connectivity index (χ0) is 37.1. The number of Topliss-reactive ketones (excluding diaryl/α,β-unsaturated/α-hetero) is 1. The minimum atomic E-state index is -3.67. The highest BCUT2D eigenvalue weighted by Crippen LogP contribution is 2.65. The van der Waals surface area contributed by atoms with Crippen LogP contribution in [0, 0.1) is 28.1 Å². The molecule has 0 spiro atoms. The number of rotatable bonds is 14. The van der Waals surface area contributed by atoms with Crippen LogP contribution in [0.15, 0.2) is 12.7 Å². The van der Waals surface area contributed by atoms with E-state index in [1.54, 1.807) is 0 Å². The lowest BCUT2D eigenvalue weighted by molar-refractivity contribution is -0.145. The smallest absolute Gasteiger partial charge is 0.315 e. The van der Waals surface area contributed by atoms with Crippen LogP contribution in [0.2, 0.25) is 0 Å². The van der Waals surface area contributed by atoms with Crippen LogP contribution in [0.3, 0.4) is 0 Å². The van der Waals surface area contributed by atoms with Gasteiger partial charge in [0, 0.05) is 38.8 Å². The summed E-state index contributed by atoms with van der Waals surface area (Å²) in [4.78, 5) is 69.1. The van der Waals surface area contributed by atoms with E-state index in [4.69, 9.17) is 0 Å². The van der Waals surface area contributed by atoms with Gasteiger partial charge in [0.25, 0.3) is 16.1 Å². The van der Waals surface area contributed by atoms with Crippen LogP contribution >= 0.6 is 0 Å². The first-order chi connectivity index (χ1) is 22.6. The van der Waals surface area contributed by atoms with Gasteiger partial charge >= 0.3 is 6.03 Å². The van der Waals surface area contributed by atoms with Crippen LogP contribution in [0.4, 0.5) is 4.79 Å². The van der Waals surface area contributed by atoms with E-state index in [-0.39, 0.29) is 36.8 Å². The van der Waals surface area contributed by atoms with Crippen molar-refractivity contribution >= 4 is 39.7 Å². The van der Waals surface area contributed by atoms with Crippen LogP contribution in [0.1, 0.15) is 88.0 Å². The van der Waals surface area contributed by atoms with Crippen molar-refractivity contribution in [1.29, 1.82) is 0 Å². The highest BCUT2D eigenvalue weighted by atomic mass is 32.2. The number of piperidine rings is 1. The summed E-state index contributed by atoms with van der Waals surface area (Å²) in [7, 11) is -3.67. The standard InChI is InChI=1S/C34H59N7O7S/c1-11-13-15-22(26(42)29(44)35-16-12-2)37-28(43)25-24-21(34(24,9)10)19-41(25)30(45)27(33(6,7)8)39-31(46)38-23(32(3,4)5)20-40-18-14-17-36-49(40,47)48/h12,21-25,27,36H,2,11,13-20H2,1,3-10H3,(H,35,44)(H,37,43)(H2,38,39,46)/t21-,22?,23?,24-,25-,27+/m0/s1. The summed E-state index contributed by atoms with van der Waals surface area (Å²) in [5, 5.41) is 11.1. The van der Waals surface area contributed by atoms with Crippen molar-refractivity contribution in [2.75, 3.05) is 32.7 Å². The molecule has 278 valence electrons. The van der Waals surface area contributed by atoms with E-state index in [9.17, 15) is 32.4 Å². The summed E-state index contributed by atoms with van der Waals surface area (Å²) in [6.45, 7) is 21.9. The third-order valence-corrected chi connectivity index (χ3v) is 11.8. The molecule has 3 aliphatic rings. The van der Waals surface area contributed by atoms with Crippen LogP contribution in [0.25, 0.3) is 0 Å². The third kappa shape index (κ3) is 9.60. The number of hydrogen-bond acceptors (Lipinski definition) is 7. The molecule has 0 aromatic carbocycles. The molecule has 15 heteroatoms. The van der Waals surface area contributed by atoms with Crippen molar-refractivity contribution < 1.29 is 32.4 Å². The number of nitrogens with zero attached hydrogens (tertiary/aromatic N) is 2. The molecule has 14 nitrogen and oxygen atoms in total. The Morgan fingerprint density at radius 1 is 1.02 bits per heavy atom. The fraction of sp³-hybridized carbons (Fsp3) is 0.794. The minimum absolute atomic E-state index is 0.0488. The molecule has 0 aromatic rings. The predicted molar refractivity (Wildman–Crippen MR) is 187 cm³/mol. The summed E-state index contributed by atoms with van der Waals surface area (Å²) in [6, 6.07) is -4.19. The first kappa shape index (κ1) is 40.4. The van der Waals surface area contributed by atoms with Gasteiger partial charge in [-0.1, -0.05) is 81.2 Å². The molecule has 0 aromatic heterocycles. The number of hydrogen-bond donors (Lipinski definition) is 5. The number of carbonyl (C=O) groups excluding carboxylic acids is 5. The van der Waals surface area contributed by atoms with Crippen LogP contribution in [-0.2, 0) is 29.4 Å². The number of likely N-dealkylation sites (tertiary alicyclic amines) is 1. The Morgan fingerprint density at radius 3 is 2.22 bits per heavy atom. The molecule has 2 unspecified atom stereocenters. The highest BCUT2D eigenvalue weighted by molar-refractivity contribution is 7.87. The fourth-order valence-electron chi connectivity index (χ4n) is 6.90. The maximum Gasteiger partial charge on any atom is 0.315 e. The average molecular weight is 710 g/mol. The lowest BCUT2D eigenvalue weighted by Crippen LogP contribution is -2.63. The van der Waals surface area contributed by atoms with E-state index >= 15 is 0 Å². The number of amides is 5. The Balaban J connectivity index is 1.83. The lowest BCUT2D eigenvalue weighted by Gasteiger charge is -2.39. The number of carbonyl (C=O) groups is 5. The van der Waals surface area contributed by atoms with Crippen LogP contribution < -0.4 is 26.0 Å². The van der Waals surface area contributed by atoms with E-state index < -0.39 is 74.7 Å². The summed E-state index contributed by atoms with van der Waals surface area (Å²) in [5.41, 5.74) is -1.50. The Morgan fingerprint density at radius 2 is 1.67 bits per heavy atom. The number of unbranched alkanes of at least 4 members (excludes halogenated alkanes) is 1. The molecule has 2 heterocycles. The third-order valence-electron chi connectivity index (χ3n) is 10.2. The van der Waals surface area contributed by atoms with Crippen LogP contribution in [0.5, 0.6) is 0 Å². The number of nitrogens with one attached hydrogen (secondary N) is 5. The van der Waals surface area contributed by atoms with E-state index in [0.29, 0.717) is 32.5 Å².